The molecule has 0 heterocycles. The van der Waals surface area contributed by atoms with E-state index in [4.69, 9.17) is 5.11 Å². The van der Waals surface area contributed by atoms with E-state index < -0.39 is 28.7 Å². The van der Waals surface area contributed by atoms with Crippen LogP contribution in [0.25, 0.3) is 0 Å². The van der Waals surface area contributed by atoms with Gasteiger partial charge in [-0.25, -0.2) is 9.18 Å². The Bertz CT molecular complexity index is 545. The Hall–Kier alpha value is -1.91. The molecule has 0 atom stereocenters. The van der Waals surface area contributed by atoms with E-state index in [0.29, 0.717) is 24.0 Å². The van der Waals surface area contributed by atoms with Crippen molar-refractivity contribution in [3.63, 3.8) is 0 Å². The summed E-state index contributed by atoms with van der Waals surface area (Å²) in [6.07, 6.45) is 2.50. The van der Waals surface area contributed by atoms with Crippen LogP contribution in [0.5, 0.6) is 0 Å². The van der Waals surface area contributed by atoms with E-state index in [1.54, 1.807) is 6.92 Å². The van der Waals surface area contributed by atoms with Crippen molar-refractivity contribution in [3.8, 4) is 0 Å². The van der Waals surface area contributed by atoms with Crippen LogP contribution < -0.4 is 0 Å². The highest BCUT2D eigenvalue weighted by atomic mass is 19.1. The molecule has 102 valence electrons. The third kappa shape index (κ3) is 2.09. The normalized spacial score (nSPS) is 17.4. The van der Waals surface area contributed by atoms with Gasteiger partial charge in [0.2, 0.25) is 0 Å². The third-order valence-electron chi connectivity index (χ3n) is 3.93. The van der Waals surface area contributed by atoms with Gasteiger partial charge in [0.15, 0.2) is 0 Å². The zero-order valence-corrected chi connectivity index (χ0v) is 10.6. The highest BCUT2D eigenvalue weighted by Gasteiger charge is 2.44. The lowest BCUT2D eigenvalue weighted by Gasteiger charge is -2.26. The zero-order chi connectivity index (χ0) is 14.2. The van der Waals surface area contributed by atoms with Crippen LogP contribution in [0.4, 0.5) is 4.39 Å². The van der Waals surface area contributed by atoms with Gasteiger partial charge in [0.1, 0.15) is 5.82 Å². The Kier molecular flexibility index (Phi) is 3.30. The second-order valence-electron chi connectivity index (χ2n) is 5.05. The Morgan fingerprint density at radius 1 is 1.21 bits per heavy atom. The zero-order valence-electron chi connectivity index (χ0n) is 10.6. The molecule has 1 saturated carbocycles. The molecule has 0 spiro atoms. The van der Waals surface area contributed by atoms with Crippen molar-refractivity contribution >= 4 is 11.9 Å². The van der Waals surface area contributed by atoms with Crippen LogP contribution in [0.15, 0.2) is 12.1 Å². The Balaban J connectivity index is 2.64. The fourth-order valence-electron chi connectivity index (χ4n) is 2.93. The molecule has 2 N–H and O–H groups in total. The van der Waals surface area contributed by atoms with Gasteiger partial charge in [-0.3, -0.25) is 4.79 Å². The summed E-state index contributed by atoms with van der Waals surface area (Å²) in [5, 5.41) is 18.5. The largest absolute Gasteiger partial charge is 0.481 e. The van der Waals surface area contributed by atoms with Crippen LogP contribution in [0.3, 0.4) is 0 Å². The molecule has 0 aromatic heterocycles. The number of halogens is 1. The minimum absolute atomic E-state index is 0.427. The van der Waals surface area contributed by atoms with E-state index in [9.17, 15) is 19.1 Å². The maximum Gasteiger partial charge on any atom is 0.338 e. The topological polar surface area (TPSA) is 74.6 Å². The molecule has 1 aliphatic carbocycles. The average Bonchev–Trinajstić information content (AvgIpc) is 2.78. The Morgan fingerprint density at radius 3 is 2.26 bits per heavy atom. The molecule has 1 aliphatic rings. The van der Waals surface area contributed by atoms with Crippen LogP contribution in [0, 0.1) is 12.7 Å². The number of aliphatic carboxylic acids is 1. The Morgan fingerprint density at radius 2 is 1.79 bits per heavy atom. The van der Waals surface area contributed by atoms with Crippen LogP contribution in [-0.2, 0) is 10.2 Å². The highest BCUT2D eigenvalue weighted by Crippen LogP contribution is 2.43. The van der Waals surface area contributed by atoms with Gasteiger partial charge in [-0.05, 0) is 43.0 Å². The molecule has 0 bridgehead atoms. The molecule has 19 heavy (non-hydrogen) atoms. The van der Waals surface area contributed by atoms with E-state index in [1.807, 2.05) is 0 Å². The molecule has 5 heteroatoms. The highest BCUT2D eigenvalue weighted by molar-refractivity contribution is 5.90. The number of aromatic carboxylic acids is 1. The smallest absolute Gasteiger partial charge is 0.338 e. The van der Waals surface area contributed by atoms with Gasteiger partial charge in [0.05, 0.1) is 11.0 Å². The molecule has 0 amide bonds. The SMILES string of the molecule is Cc1cc(F)c(C(=O)O)cc1C1(C(=O)O)CCCC1. The number of hydrogen-bond donors (Lipinski definition) is 2. The van der Waals surface area contributed by atoms with Gasteiger partial charge < -0.3 is 10.2 Å². The minimum atomic E-state index is -1.38. The monoisotopic (exact) mass is 266 g/mol. The first-order chi connectivity index (χ1) is 8.88. The van der Waals surface area contributed by atoms with Crippen molar-refractivity contribution in [1.29, 1.82) is 0 Å². The summed E-state index contributed by atoms with van der Waals surface area (Å²) in [5.74, 6) is -3.17. The second kappa shape index (κ2) is 4.64. The molecule has 4 nitrogen and oxygen atoms in total. The van der Waals surface area contributed by atoms with Crippen LogP contribution in [-0.4, -0.2) is 22.2 Å². The summed E-state index contributed by atoms with van der Waals surface area (Å²) in [5.41, 5.74) is -0.613. The summed E-state index contributed by atoms with van der Waals surface area (Å²) >= 11 is 0. The number of benzene rings is 1. The van der Waals surface area contributed by atoms with Crippen LogP contribution >= 0.6 is 0 Å². The third-order valence-corrected chi connectivity index (χ3v) is 3.93. The molecular formula is C14H15FO4. The van der Waals surface area contributed by atoms with Gasteiger partial charge in [0.25, 0.3) is 0 Å². The predicted octanol–water partition coefficient (Wildman–Crippen LogP) is 2.73. The van der Waals surface area contributed by atoms with Gasteiger partial charge in [-0.2, -0.15) is 0 Å². The predicted molar refractivity (Wildman–Crippen MR) is 65.9 cm³/mol. The molecule has 0 unspecified atom stereocenters. The molecule has 0 radical (unpaired) electrons. The first-order valence-electron chi connectivity index (χ1n) is 6.16. The van der Waals surface area contributed by atoms with E-state index in [2.05, 4.69) is 0 Å². The van der Waals surface area contributed by atoms with E-state index in [0.717, 1.165) is 18.9 Å². The van der Waals surface area contributed by atoms with Gasteiger partial charge in [-0.15, -0.1) is 0 Å². The lowest BCUT2D eigenvalue weighted by molar-refractivity contribution is -0.143. The summed E-state index contributed by atoms with van der Waals surface area (Å²) in [6.45, 7) is 1.62. The summed E-state index contributed by atoms with van der Waals surface area (Å²) < 4.78 is 13.6. The minimum Gasteiger partial charge on any atom is -0.481 e. The molecule has 0 aliphatic heterocycles. The van der Waals surface area contributed by atoms with Crippen molar-refractivity contribution in [1.82, 2.24) is 0 Å². The number of carbonyl (C=O) groups is 2. The van der Waals surface area contributed by atoms with Crippen LogP contribution in [0.1, 0.15) is 47.2 Å². The van der Waals surface area contributed by atoms with Crippen molar-refractivity contribution in [2.75, 3.05) is 0 Å². The van der Waals surface area contributed by atoms with Crippen LogP contribution in [0.2, 0.25) is 0 Å². The second-order valence-corrected chi connectivity index (χ2v) is 5.05. The van der Waals surface area contributed by atoms with Crippen molar-refractivity contribution < 1.29 is 24.2 Å². The van der Waals surface area contributed by atoms with Gasteiger partial charge in [-0.1, -0.05) is 12.8 Å². The average molecular weight is 266 g/mol. The first kappa shape index (κ1) is 13.5. The number of rotatable bonds is 3. The molecule has 1 aromatic rings. The number of carboxylic acids is 2. The van der Waals surface area contributed by atoms with Gasteiger partial charge in [0, 0.05) is 0 Å². The Labute approximate surface area is 109 Å². The lowest BCUT2D eigenvalue weighted by atomic mass is 9.76. The summed E-state index contributed by atoms with van der Waals surface area (Å²) in [7, 11) is 0. The molecular weight excluding hydrogens is 251 g/mol. The van der Waals surface area contributed by atoms with Crippen molar-refractivity contribution in [3.05, 3.63) is 34.6 Å². The van der Waals surface area contributed by atoms with E-state index in [-0.39, 0.29) is 0 Å². The molecule has 0 saturated heterocycles. The number of carboxylic acid groups (broad SMARTS) is 2. The summed E-state index contributed by atoms with van der Waals surface area (Å²) in [6, 6.07) is 2.30. The van der Waals surface area contributed by atoms with E-state index in [1.165, 1.54) is 6.07 Å². The molecule has 2 rings (SSSR count). The standard InChI is InChI=1S/C14H15FO4/c1-8-6-11(15)9(12(16)17)7-10(8)14(13(18)19)4-2-3-5-14/h6-7H,2-5H2,1H3,(H,16,17)(H,18,19). The maximum atomic E-state index is 13.6. The lowest BCUT2D eigenvalue weighted by Crippen LogP contribution is -2.33. The van der Waals surface area contributed by atoms with Crippen molar-refractivity contribution in [2.24, 2.45) is 0 Å². The maximum absolute atomic E-state index is 13.6. The molecule has 1 aromatic carbocycles. The van der Waals surface area contributed by atoms with E-state index >= 15 is 0 Å². The molecule has 1 fully saturated rings. The van der Waals surface area contributed by atoms with Crippen molar-refractivity contribution in [2.45, 2.75) is 38.0 Å². The summed E-state index contributed by atoms with van der Waals surface area (Å²) in [4.78, 5) is 22.6. The first-order valence-corrected chi connectivity index (χ1v) is 6.16. The number of aryl methyl sites for hydroxylation is 1. The number of hydrogen-bond acceptors (Lipinski definition) is 2. The van der Waals surface area contributed by atoms with Gasteiger partial charge >= 0.3 is 11.9 Å². The quantitative estimate of drug-likeness (QED) is 0.882. The fraction of sp³-hybridized carbons (Fsp3) is 0.429. The fourth-order valence-corrected chi connectivity index (χ4v) is 2.93.